The van der Waals surface area contributed by atoms with Gasteiger partial charge in [0.15, 0.2) is 0 Å². The minimum absolute atomic E-state index is 0.0982. The molecule has 1 heterocycles. The van der Waals surface area contributed by atoms with Crippen molar-refractivity contribution in [1.82, 2.24) is 10.2 Å². The number of benzene rings is 2. The second kappa shape index (κ2) is 8.41. The molecule has 1 saturated heterocycles. The van der Waals surface area contributed by atoms with Crippen molar-refractivity contribution in [3.05, 3.63) is 65.2 Å². The van der Waals surface area contributed by atoms with Crippen LogP contribution < -0.4 is 5.32 Å². The van der Waals surface area contributed by atoms with Crippen LogP contribution in [0.1, 0.15) is 40.4 Å². The van der Waals surface area contributed by atoms with Crippen molar-refractivity contribution in [2.24, 2.45) is 0 Å². The standard InChI is InChI=1S/C21H24N2O2S/c1-15-10-11-17(26-2)13-18(15)21(25)22-19(16-7-4-3-5-8-16)14-23-12-6-9-20(23)24/h3-5,7-8,10-11,13,19H,6,9,12,14H2,1-2H3,(H,22,25)/t19-/m0/s1. The first-order valence-electron chi connectivity index (χ1n) is 8.86. The van der Waals surface area contributed by atoms with Gasteiger partial charge in [-0.2, -0.15) is 0 Å². The van der Waals surface area contributed by atoms with Gasteiger partial charge in [-0.25, -0.2) is 0 Å². The van der Waals surface area contributed by atoms with Gasteiger partial charge in [0.1, 0.15) is 0 Å². The Morgan fingerprint density at radius 2 is 2.00 bits per heavy atom. The van der Waals surface area contributed by atoms with Crippen LogP contribution in [-0.4, -0.2) is 36.1 Å². The van der Waals surface area contributed by atoms with Crippen molar-refractivity contribution >= 4 is 23.6 Å². The van der Waals surface area contributed by atoms with E-state index in [-0.39, 0.29) is 17.9 Å². The van der Waals surface area contributed by atoms with Gasteiger partial charge in [0.25, 0.3) is 5.91 Å². The molecule has 4 nitrogen and oxygen atoms in total. The third-order valence-electron chi connectivity index (χ3n) is 4.77. The van der Waals surface area contributed by atoms with Crippen LogP contribution in [0.2, 0.25) is 0 Å². The summed E-state index contributed by atoms with van der Waals surface area (Å²) in [7, 11) is 0. The number of nitrogens with zero attached hydrogens (tertiary/aromatic N) is 1. The smallest absolute Gasteiger partial charge is 0.252 e. The summed E-state index contributed by atoms with van der Waals surface area (Å²) in [6.07, 6.45) is 3.49. The summed E-state index contributed by atoms with van der Waals surface area (Å²) in [6, 6.07) is 15.6. The molecule has 1 atom stereocenters. The maximum Gasteiger partial charge on any atom is 0.252 e. The highest BCUT2D eigenvalue weighted by Gasteiger charge is 2.25. The minimum atomic E-state index is -0.219. The monoisotopic (exact) mass is 368 g/mol. The van der Waals surface area contributed by atoms with Gasteiger partial charge in [-0.05, 0) is 42.9 Å². The number of amides is 2. The van der Waals surface area contributed by atoms with E-state index < -0.39 is 0 Å². The number of thioether (sulfide) groups is 1. The summed E-state index contributed by atoms with van der Waals surface area (Å²) in [4.78, 5) is 27.9. The van der Waals surface area contributed by atoms with Crippen molar-refractivity contribution in [3.63, 3.8) is 0 Å². The molecule has 1 aliphatic heterocycles. The number of carbonyl (C=O) groups is 2. The van der Waals surface area contributed by atoms with Gasteiger partial charge in [0.2, 0.25) is 5.91 Å². The van der Waals surface area contributed by atoms with E-state index in [1.807, 2.05) is 66.6 Å². The Morgan fingerprint density at radius 1 is 1.23 bits per heavy atom. The summed E-state index contributed by atoms with van der Waals surface area (Å²) in [5, 5.41) is 3.15. The fourth-order valence-electron chi connectivity index (χ4n) is 3.25. The zero-order valence-corrected chi connectivity index (χ0v) is 16.0. The number of hydrogen-bond donors (Lipinski definition) is 1. The molecule has 0 radical (unpaired) electrons. The summed E-state index contributed by atoms with van der Waals surface area (Å²) >= 11 is 1.62. The van der Waals surface area contributed by atoms with E-state index in [2.05, 4.69) is 5.32 Å². The largest absolute Gasteiger partial charge is 0.343 e. The molecule has 2 aromatic carbocycles. The van der Waals surface area contributed by atoms with Crippen LogP contribution in [0.15, 0.2) is 53.4 Å². The predicted molar refractivity (Wildman–Crippen MR) is 105 cm³/mol. The SMILES string of the molecule is CSc1ccc(C)c(C(=O)N[C@@H](CN2CCCC2=O)c2ccccc2)c1. The lowest BCUT2D eigenvalue weighted by Crippen LogP contribution is -2.38. The lowest BCUT2D eigenvalue weighted by Gasteiger charge is -2.25. The van der Waals surface area contributed by atoms with E-state index in [1.165, 1.54) is 0 Å². The molecule has 0 saturated carbocycles. The van der Waals surface area contributed by atoms with Gasteiger partial charge in [0.05, 0.1) is 6.04 Å². The van der Waals surface area contributed by atoms with Crippen molar-refractivity contribution in [1.29, 1.82) is 0 Å². The molecule has 0 aliphatic carbocycles. The number of hydrogen-bond acceptors (Lipinski definition) is 3. The van der Waals surface area contributed by atoms with Crippen LogP contribution >= 0.6 is 11.8 Å². The first kappa shape index (κ1) is 18.5. The fourth-order valence-corrected chi connectivity index (χ4v) is 3.69. The van der Waals surface area contributed by atoms with E-state index >= 15 is 0 Å². The molecule has 1 N–H and O–H groups in total. The fraction of sp³-hybridized carbons (Fsp3) is 0.333. The van der Waals surface area contributed by atoms with Crippen LogP contribution in [0.3, 0.4) is 0 Å². The van der Waals surface area contributed by atoms with Gasteiger partial charge < -0.3 is 10.2 Å². The molecule has 136 valence electrons. The molecule has 1 fully saturated rings. The summed E-state index contributed by atoms with van der Waals surface area (Å²) in [5.41, 5.74) is 2.65. The predicted octanol–water partition coefficient (Wildman–Crippen LogP) is 3.81. The Kier molecular flexibility index (Phi) is 5.99. The highest BCUT2D eigenvalue weighted by Crippen LogP contribution is 2.22. The van der Waals surface area contributed by atoms with E-state index in [1.54, 1.807) is 11.8 Å². The Morgan fingerprint density at radius 3 is 2.65 bits per heavy atom. The van der Waals surface area contributed by atoms with E-state index in [4.69, 9.17) is 0 Å². The first-order chi connectivity index (χ1) is 12.6. The Hall–Kier alpha value is -2.27. The normalized spacial score (nSPS) is 15.2. The quantitative estimate of drug-likeness (QED) is 0.789. The van der Waals surface area contributed by atoms with Crippen LogP contribution in [0.25, 0.3) is 0 Å². The molecule has 0 aromatic heterocycles. The Balaban J connectivity index is 1.83. The van der Waals surface area contributed by atoms with Crippen molar-refractivity contribution in [3.8, 4) is 0 Å². The topological polar surface area (TPSA) is 49.4 Å². The van der Waals surface area contributed by atoms with E-state index in [9.17, 15) is 9.59 Å². The van der Waals surface area contributed by atoms with E-state index in [0.29, 0.717) is 18.5 Å². The zero-order valence-electron chi connectivity index (χ0n) is 15.2. The number of aryl methyl sites for hydroxylation is 1. The molecule has 26 heavy (non-hydrogen) atoms. The summed E-state index contributed by atoms with van der Waals surface area (Å²) in [5.74, 6) is 0.0691. The second-order valence-corrected chi connectivity index (χ2v) is 7.44. The van der Waals surface area contributed by atoms with Gasteiger partial charge in [-0.1, -0.05) is 36.4 Å². The maximum atomic E-state index is 12.9. The van der Waals surface area contributed by atoms with Crippen LogP contribution in [0, 0.1) is 6.92 Å². The average Bonchev–Trinajstić information content (AvgIpc) is 3.07. The Bertz CT molecular complexity index is 792. The van der Waals surface area contributed by atoms with Crippen molar-refractivity contribution in [2.75, 3.05) is 19.3 Å². The zero-order chi connectivity index (χ0) is 18.5. The molecule has 0 bridgehead atoms. The minimum Gasteiger partial charge on any atom is -0.343 e. The summed E-state index contributed by atoms with van der Waals surface area (Å²) in [6.45, 7) is 3.22. The van der Waals surface area contributed by atoms with Gasteiger partial charge >= 0.3 is 0 Å². The highest BCUT2D eigenvalue weighted by atomic mass is 32.2. The third kappa shape index (κ3) is 4.28. The number of carbonyl (C=O) groups excluding carboxylic acids is 2. The molecular weight excluding hydrogens is 344 g/mol. The molecule has 2 amide bonds. The Labute approximate surface area is 159 Å². The average molecular weight is 369 g/mol. The second-order valence-electron chi connectivity index (χ2n) is 6.56. The molecule has 0 unspecified atom stereocenters. The van der Waals surface area contributed by atoms with Crippen LogP contribution in [0.4, 0.5) is 0 Å². The van der Waals surface area contributed by atoms with Crippen LogP contribution in [-0.2, 0) is 4.79 Å². The number of nitrogens with one attached hydrogen (secondary N) is 1. The molecule has 2 aromatic rings. The van der Waals surface area contributed by atoms with Crippen LogP contribution in [0.5, 0.6) is 0 Å². The number of likely N-dealkylation sites (tertiary alicyclic amines) is 1. The number of rotatable bonds is 6. The highest BCUT2D eigenvalue weighted by molar-refractivity contribution is 7.98. The third-order valence-corrected chi connectivity index (χ3v) is 5.50. The lowest BCUT2D eigenvalue weighted by atomic mass is 10.0. The maximum absolute atomic E-state index is 12.9. The molecular formula is C21H24N2O2S. The molecule has 1 aliphatic rings. The molecule has 5 heteroatoms. The van der Waals surface area contributed by atoms with Crippen molar-refractivity contribution in [2.45, 2.75) is 30.7 Å². The molecule has 0 spiro atoms. The first-order valence-corrected chi connectivity index (χ1v) is 10.1. The van der Waals surface area contributed by atoms with Gasteiger partial charge in [-0.3, -0.25) is 9.59 Å². The van der Waals surface area contributed by atoms with Gasteiger partial charge in [0, 0.05) is 30.0 Å². The lowest BCUT2D eigenvalue weighted by molar-refractivity contribution is -0.128. The molecule has 3 rings (SSSR count). The summed E-state index contributed by atoms with van der Waals surface area (Å²) < 4.78 is 0. The van der Waals surface area contributed by atoms with Gasteiger partial charge in [-0.15, -0.1) is 11.8 Å². The van der Waals surface area contributed by atoms with E-state index in [0.717, 1.165) is 29.0 Å². The van der Waals surface area contributed by atoms with Crippen molar-refractivity contribution < 1.29 is 9.59 Å².